The van der Waals surface area contributed by atoms with Crippen molar-refractivity contribution in [1.82, 2.24) is 0 Å². The van der Waals surface area contributed by atoms with Crippen molar-refractivity contribution in [2.24, 2.45) is 17.1 Å². The minimum atomic E-state index is -0.0498. The maximum atomic E-state index is 6.64. The van der Waals surface area contributed by atoms with Crippen molar-refractivity contribution in [1.29, 1.82) is 0 Å². The van der Waals surface area contributed by atoms with E-state index in [9.17, 15) is 0 Å². The summed E-state index contributed by atoms with van der Waals surface area (Å²) in [6, 6.07) is 2.23. The van der Waals surface area contributed by atoms with Gasteiger partial charge in [-0.15, -0.1) is 11.3 Å². The molecule has 1 aromatic heterocycles. The van der Waals surface area contributed by atoms with E-state index in [1.165, 1.54) is 23.3 Å². The summed E-state index contributed by atoms with van der Waals surface area (Å²) in [7, 11) is 0. The third kappa shape index (κ3) is 2.58. The zero-order valence-corrected chi connectivity index (χ0v) is 12.4. The van der Waals surface area contributed by atoms with Gasteiger partial charge in [-0.1, -0.05) is 20.8 Å². The van der Waals surface area contributed by atoms with Crippen LogP contribution in [0.4, 0.5) is 0 Å². The Labute approximate surface area is 109 Å². The first-order valence-electron chi connectivity index (χ1n) is 6.66. The highest BCUT2D eigenvalue weighted by atomic mass is 32.1. The molecule has 0 radical (unpaired) electrons. The summed E-state index contributed by atoms with van der Waals surface area (Å²) in [6.07, 6.45) is 4.84. The van der Waals surface area contributed by atoms with Crippen LogP contribution in [0.25, 0.3) is 0 Å². The van der Waals surface area contributed by atoms with Crippen molar-refractivity contribution in [2.75, 3.05) is 0 Å². The molecule has 2 rings (SSSR count). The fraction of sp³-hybridized carbons (Fsp3) is 0.733. The van der Waals surface area contributed by atoms with Gasteiger partial charge in [0.25, 0.3) is 0 Å². The Bertz CT molecular complexity index is 378. The average Bonchev–Trinajstić information content (AvgIpc) is 2.64. The van der Waals surface area contributed by atoms with Crippen LogP contribution >= 0.6 is 11.3 Å². The van der Waals surface area contributed by atoms with Crippen LogP contribution in [0.1, 0.15) is 56.9 Å². The second-order valence-corrected chi connectivity index (χ2v) is 7.81. The molecule has 1 aliphatic rings. The maximum absolute atomic E-state index is 6.64. The van der Waals surface area contributed by atoms with Gasteiger partial charge in [-0.05, 0) is 60.9 Å². The Kier molecular flexibility index (Phi) is 3.39. The van der Waals surface area contributed by atoms with E-state index in [0.717, 1.165) is 18.8 Å². The quantitative estimate of drug-likeness (QED) is 0.784. The summed E-state index contributed by atoms with van der Waals surface area (Å²) < 4.78 is 0. The van der Waals surface area contributed by atoms with Crippen LogP contribution in [0.5, 0.6) is 0 Å². The fourth-order valence-electron chi connectivity index (χ4n) is 3.17. The predicted octanol–water partition coefficient (Wildman–Crippen LogP) is 4.45. The minimum absolute atomic E-state index is 0.0498. The highest BCUT2D eigenvalue weighted by Gasteiger charge is 2.38. The van der Waals surface area contributed by atoms with E-state index in [-0.39, 0.29) is 5.54 Å². The molecule has 0 spiro atoms. The molecule has 0 unspecified atom stereocenters. The van der Waals surface area contributed by atoms with E-state index in [2.05, 4.69) is 39.1 Å². The topological polar surface area (TPSA) is 26.0 Å². The first-order chi connectivity index (χ1) is 7.83. The molecule has 0 aliphatic heterocycles. The highest BCUT2D eigenvalue weighted by molar-refractivity contribution is 7.10. The number of hydrogen-bond donors (Lipinski definition) is 1. The Balaban J connectivity index is 2.11. The SMILES string of the molecule is Cc1sccc1C1(N)CCC(C(C)(C)C)CC1. The van der Waals surface area contributed by atoms with Crippen molar-refractivity contribution in [3.63, 3.8) is 0 Å². The van der Waals surface area contributed by atoms with Gasteiger partial charge in [-0.2, -0.15) is 0 Å². The van der Waals surface area contributed by atoms with Crippen molar-refractivity contribution in [3.05, 3.63) is 21.9 Å². The number of aryl methyl sites for hydroxylation is 1. The van der Waals surface area contributed by atoms with Gasteiger partial charge in [0, 0.05) is 10.4 Å². The Morgan fingerprint density at radius 1 is 1.29 bits per heavy atom. The van der Waals surface area contributed by atoms with Crippen LogP contribution in [0.15, 0.2) is 11.4 Å². The van der Waals surface area contributed by atoms with E-state index >= 15 is 0 Å². The molecular weight excluding hydrogens is 226 g/mol. The minimum Gasteiger partial charge on any atom is -0.321 e. The molecule has 0 aromatic carbocycles. The molecule has 2 N–H and O–H groups in total. The average molecular weight is 251 g/mol. The van der Waals surface area contributed by atoms with Gasteiger partial charge in [0.15, 0.2) is 0 Å². The van der Waals surface area contributed by atoms with Gasteiger partial charge in [-0.25, -0.2) is 0 Å². The summed E-state index contributed by atoms with van der Waals surface area (Å²) >= 11 is 1.82. The summed E-state index contributed by atoms with van der Waals surface area (Å²) in [5.74, 6) is 0.832. The third-order valence-electron chi connectivity index (χ3n) is 4.50. The fourth-order valence-corrected chi connectivity index (χ4v) is 3.98. The van der Waals surface area contributed by atoms with Crippen LogP contribution < -0.4 is 5.73 Å². The summed E-state index contributed by atoms with van der Waals surface area (Å²) in [4.78, 5) is 1.40. The molecule has 0 saturated heterocycles. The van der Waals surface area contributed by atoms with E-state index in [1.807, 2.05) is 11.3 Å². The van der Waals surface area contributed by atoms with Crippen molar-refractivity contribution in [3.8, 4) is 0 Å². The zero-order valence-electron chi connectivity index (χ0n) is 11.5. The third-order valence-corrected chi connectivity index (χ3v) is 5.34. The molecule has 96 valence electrons. The standard InChI is InChI=1S/C15H25NS/c1-11-13(7-10-17-11)15(16)8-5-12(6-9-15)14(2,3)4/h7,10,12H,5-6,8-9,16H2,1-4H3. The van der Waals surface area contributed by atoms with E-state index < -0.39 is 0 Å². The smallest absolute Gasteiger partial charge is 0.0420 e. The maximum Gasteiger partial charge on any atom is 0.0420 e. The molecule has 1 aromatic rings. The van der Waals surface area contributed by atoms with Crippen molar-refractivity contribution < 1.29 is 0 Å². The molecular formula is C15H25NS. The summed E-state index contributed by atoms with van der Waals surface area (Å²) in [6.45, 7) is 9.27. The van der Waals surface area contributed by atoms with Crippen LogP contribution in [0.3, 0.4) is 0 Å². The van der Waals surface area contributed by atoms with Crippen LogP contribution in [-0.2, 0) is 5.54 Å². The van der Waals surface area contributed by atoms with Crippen LogP contribution in [-0.4, -0.2) is 0 Å². The predicted molar refractivity (Wildman–Crippen MR) is 76.3 cm³/mol. The van der Waals surface area contributed by atoms with Gasteiger partial charge < -0.3 is 5.73 Å². The van der Waals surface area contributed by atoms with E-state index in [4.69, 9.17) is 5.73 Å². The molecule has 1 nitrogen and oxygen atoms in total. The lowest BCUT2D eigenvalue weighted by Crippen LogP contribution is -2.42. The van der Waals surface area contributed by atoms with Gasteiger partial charge >= 0.3 is 0 Å². The zero-order chi connectivity index (χ0) is 12.7. The molecule has 0 amide bonds. The van der Waals surface area contributed by atoms with Gasteiger partial charge in [-0.3, -0.25) is 0 Å². The Hall–Kier alpha value is -0.340. The number of rotatable bonds is 1. The first-order valence-corrected chi connectivity index (χ1v) is 7.54. The molecule has 0 atom stereocenters. The van der Waals surface area contributed by atoms with E-state index in [1.54, 1.807) is 0 Å². The van der Waals surface area contributed by atoms with Crippen molar-refractivity contribution in [2.45, 2.75) is 58.9 Å². The molecule has 1 saturated carbocycles. The largest absolute Gasteiger partial charge is 0.321 e. The number of thiophene rings is 1. The number of hydrogen-bond acceptors (Lipinski definition) is 2. The molecule has 2 heteroatoms. The number of nitrogens with two attached hydrogens (primary N) is 1. The normalized spacial score (nSPS) is 30.5. The lowest BCUT2D eigenvalue weighted by molar-refractivity contribution is 0.134. The molecule has 1 aliphatic carbocycles. The van der Waals surface area contributed by atoms with Gasteiger partial charge in [0.2, 0.25) is 0 Å². The van der Waals surface area contributed by atoms with Crippen molar-refractivity contribution >= 4 is 11.3 Å². The lowest BCUT2D eigenvalue weighted by atomic mass is 9.66. The molecule has 1 heterocycles. The monoisotopic (exact) mass is 251 g/mol. The second-order valence-electron chi connectivity index (χ2n) is 6.69. The Morgan fingerprint density at radius 2 is 1.88 bits per heavy atom. The van der Waals surface area contributed by atoms with Crippen LogP contribution in [0, 0.1) is 18.3 Å². The molecule has 17 heavy (non-hydrogen) atoms. The van der Waals surface area contributed by atoms with Gasteiger partial charge in [0.05, 0.1) is 0 Å². The summed E-state index contributed by atoms with van der Waals surface area (Å²) in [5, 5.41) is 2.18. The summed E-state index contributed by atoms with van der Waals surface area (Å²) in [5.41, 5.74) is 8.42. The molecule has 1 fully saturated rings. The first kappa shape index (κ1) is 13.1. The van der Waals surface area contributed by atoms with Crippen LogP contribution in [0.2, 0.25) is 0 Å². The lowest BCUT2D eigenvalue weighted by Gasteiger charge is -2.42. The highest BCUT2D eigenvalue weighted by Crippen LogP contribution is 2.45. The molecule has 0 bridgehead atoms. The van der Waals surface area contributed by atoms with Gasteiger partial charge in [0.1, 0.15) is 0 Å². The van der Waals surface area contributed by atoms with E-state index in [0.29, 0.717) is 5.41 Å². The second kappa shape index (κ2) is 4.40. The Morgan fingerprint density at radius 3 is 2.29 bits per heavy atom.